The maximum atomic E-state index is 13.6. The lowest BCUT2D eigenvalue weighted by molar-refractivity contribution is -0.890. The topological polar surface area (TPSA) is 164 Å². The molecule has 0 amide bonds. The molecule has 0 spiro atoms. The van der Waals surface area contributed by atoms with Crippen LogP contribution in [0.4, 0.5) is 24.8 Å². The SMILES string of the molecule is COC(=O)C1=C(C)N(c2cccc(C(F)(F)F)c2)c2n[nH]c(=O)n2C1c1ccc(C#N)cc1CCC[N+](C)(C)CCCO.O=C[O-]. The van der Waals surface area contributed by atoms with Crippen molar-refractivity contribution in [3.05, 3.63) is 86.5 Å². The average molecular weight is 645 g/mol. The lowest BCUT2D eigenvalue weighted by atomic mass is 9.88. The molecular weight excluding hydrogens is 609 g/mol. The van der Waals surface area contributed by atoms with Gasteiger partial charge in [-0.25, -0.2) is 19.3 Å². The minimum atomic E-state index is -4.62. The number of aryl methyl sites for hydroxylation is 1. The Labute approximate surface area is 263 Å². The Balaban J connectivity index is 0.00000185. The van der Waals surface area contributed by atoms with Gasteiger partial charge in [0.2, 0.25) is 5.95 Å². The van der Waals surface area contributed by atoms with Gasteiger partial charge in [-0.15, -0.1) is 5.10 Å². The number of anilines is 2. The van der Waals surface area contributed by atoms with Crippen LogP contribution in [0.15, 0.2) is 58.5 Å². The highest BCUT2D eigenvalue weighted by Gasteiger charge is 2.41. The van der Waals surface area contributed by atoms with Gasteiger partial charge in [0.1, 0.15) is 6.04 Å². The molecule has 1 aliphatic rings. The summed E-state index contributed by atoms with van der Waals surface area (Å²) in [5, 5.41) is 33.6. The first-order valence-corrected chi connectivity index (χ1v) is 14.2. The summed E-state index contributed by atoms with van der Waals surface area (Å²) in [5.74, 6) is -0.771. The molecule has 1 unspecified atom stereocenters. The van der Waals surface area contributed by atoms with E-state index in [0.29, 0.717) is 34.9 Å². The highest BCUT2D eigenvalue weighted by Crippen LogP contribution is 2.43. The van der Waals surface area contributed by atoms with E-state index in [-0.39, 0.29) is 29.5 Å². The zero-order valence-electron chi connectivity index (χ0n) is 25.8. The number of quaternary nitrogens is 1. The minimum absolute atomic E-state index is 0.00316. The van der Waals surface area contributed by atoms with Crippen LogP contribution in [0, 0.1) is 11.3 Å². The second-order valence-electron chi connectivity index (χ2n) is 11.2. The molecule has 2 heterocycles. The van der Waals surface area contributed by atoms with Crippen LogP contribution in [0.3, 0.4) is 0 Å². The Morgan fingerprint density at radius 1 is 1.22 bits per heavy atom. The van der Waals surface area contributed by atoms with Gasteiger partial charge in [-0.1, -0.05) is 12.1 Å². The van der Waals surface area contributed by atoms with Crippen molar-refractivity contribution < 1.29 is 42.2 Å². The fraction of sp³-hybridized carbons (Fsp3) is 0.387. The number of allylic oxidation sites excluding steroid dienone is 1. The minimum Gasteiger partial charge on any atom is -0.554 e. The molecule has 2 aromatic carbocycles. The number of nitriles is 1. The Kier molecular flexibility index (Phi) is 11.5. The standard InChI is InChI=1S/C30H33F3N6O4.CH2O2/c1-19-25(27(41)43-4)26(24-12-11-20(18-34)16-21(24)8-6-13-39(2,3)14-7-15-40)38-28(35-36-29(38)42)37(19)23-10-5-9-22(17-23)30(31,32)33;2-1-3/h5,9-12,16-17,26,40H,6-8,13-15H2,1-4H3;1H,(H,2,3). The summed E-state index contributed by atoms with van der Waals surface area (Å²) >= 11 is 0. The molecule has 0 fully saturated rings. The lowest BCUT2D eigenvalue weighted by Crippen LogP contribution is -2.41. The number of nitrogens with one attached hydrogen (secondary N) is 1. The number of alkyl halides is 3. The van der Waals surface area contributed by atoms with E-state index in [1.54, 1.807) is 25.1 Å². The van der Waals surface area contributed by atoms with E-state index in [0.717, 1.165) is 30.8 Å². The third-order valence-corrected chi connectivity index (χ3v) is 7.68. The number of carboxylic acid groups (broad SMARTS) is 1. The monoisotopic (exact) mass is 644 g/mol. The van der Waals surface area contributed by atoms with Gasteiger partial charge in [0, 0.05) is 37.3 Å². The van der Waals surface area contributed by atoms with Crippen LogP contribution in [0.5, 0.6) is 0 Å². The number of methoxy groups -OCH3 is 1. The first-order chi connectivity index (χ1) is 21.7. The van der Waals surface area contributed by atoms with Crippen molar-refractivity contribution in [3.8, 4) is 6.07 Å². The number of hydrogen-bond acceptors (Lipinski definition) is 9. The molecule has 15 heteroatoms. The zero-order valence-corrected chi connectivity index (χ0v) is 25.8. The van der Waals surface area contributed by atoms with Gasteiger partial charge in [-0.2, -0.15) is 18.4 Å². The summed E-state index contributed by atoms with van der Waals surface area (Å²) in [6.07, 6.45) is -2.75. The number of esters is 1. The van der Waals surface area contributed by atoms with Gasteiger partial charge >= 0.3 is 17.8 Å². The molecule has 4 rings (SSSR count). The van der Waals surface area contributed by atoms with E-state index in [1.165, 1.54) is 28.7 Å². The van der Waals surface area contributed by atoms with E-state index in [4.69, 9.17) is 14.6 Å². The maximum Gasteiger partial charge on any atom is 0.416 e. The van der Waals surface area contributed by atoms with Crippen LogP contribution in [-0.4, -0.2) is 77.7 Å². The summed E-state index contributed by atoms with van der Waals surface area (Å²) in [6.45, 7) is 2.70. The quantitative estimate of drug-likeness (QED) is 0.192. The normalized spacial score (nSPS) is 14.6. The first kappa shape index (κ1) is 35.5. The number of carbonyl (C=O) groups excluding carboxylic acids is 2. The number of carbonyl (C=O) groups is 2. The van der Waals surface area contributed by atoms with E-state index < -0.39 is 35.9 Å². The summed E-state index contributed by atoms with van der Waals surface area (Å²) in [7, 11) is 5.31. The van der Waals surface area contributed by atoms with Crippen LogP contribution in [0.1, 0.15) is 48.1 Å². The first-order valence-electron chi connectivity index (χ1n) is 14.2. The van der Waals surface area contributed by atoms with Gasteiger partial charge in [0.05, 0.1) is 57.1 Å². The number of ether oxygens (including phenoxy) is 1. The molecular formula is C31H35F3N6O6. The van der Waals surface area contributed by atoms with Crippen LogP contribution in [-0.2, 0) is 26.9 Å². The highest BCUT2D eigenvalue weighted by atomic mass is 19.4. The van der Waals surface area contributed by atoms with Crippen molar-refractivity contribution in [2.24, 2.45) is 0 Å². The molecule has 1 atom stereocenters. The Hall–Kier alpha value is -4.94. The molecule has 0 aliphatic carbocycles. The molecule has 2 N–H and O–H groups in total. The van der Waals surface area contributed by atoms with Crippen molar-refractivity contribution in [1.29, 1.82) is 5.26 Å². The van der Waals surface area contributed by atoms with Gasteiger partial charge in [0.25, 0.3) is 0 Å². The fourth-order valence-electron chi connectivity index (χ4n) is 5.55. The van der Waals surface area contributed by atoms with Crippen molar-refractivity contribution in [1.82, 2.24) is 14.8 Å². The highest BCUT2D eigenvalue weighted by molar-refractivity contribution is 5.93. The van der Waals surface area contributed by atoms with Gasteiger partial charge in [-0.05, 0) is 54.8 Å². The molecule has 46 heavy (non-hydrogen) atoms. The molecule has 0 bridgehead atoms. The van der Waals surface area contributed by atoms with Crippen LogP contribution < -0.4 is 15.7 Å². The molecule has 246 valence electrons. The van der Waals surface area contributed by atoms with Crippen molar-refractivity contribution >= 4 is 24.1 Å². The molecule has 12 nitrogen and oxygen atoms in total. The Morgan fingerprint density at radius 2 is 1.89 bits per heavy atom. The number of benzene rings is 2. The van der Waals surface area contributed by atoms with Crippen LogP contribution in [0.25, 0.3) is 0 Å². The van der Waals surface area contributed by atoms with Crippen molar-refractivity contribution in [2.75, 3.05) is 45.8 Å². The molecule has 0 radical (unpaired) electrons. The summed E-state index contributed by atoms with van der Waals surface area (Å²) in [6, 6.07) is 10.6. The van der Waals surface area contributed by atoms with Crippen LogP contribution >= 0.6 is 0 Å². The Morgan fingerprint density at radius 3 is 2.50 bits per heavy atom. The number of aromatic amines is 1. The third-order valence-electron chi connectivity index (χ3n) is 7.68. The van der Waals surface area contributed by atoms with Gasteiger partial charge < -0.3 is 24.2 Å². The number of aromatic nitrogens is 3. The maximum absolute atomic E-state index is 13.6. The fourth-order valence-corrected chi connectivity index (χ4v) is 5.55. The number of nitrogens with zero attached hydrogens (tertiary/aromatic N) is 5. The van der Waals surface area contributed by atoms with Crippen molar-refractivity contribution in [3.63, 3.8) is 0 Å². The van der Waals surface area contributed by atoms with Crippen LogP contribution in [0.2, 0.25) is 0 Å². The second-order valence-corrected chi connectivity index (χ2v) is 11.2. The smallest absolute Gasteiger partial charge is 0.416 e. The number of rotatable bonds is 10. The van der Waals surface area contributed by atoms with Gasteiger partial charge in [0.15, 0.2) is 0 Å². The predicted octanol–water partition coefficient (Wildman–Crippen LogP) is 2.41. The largest absolute Gasteiger partial charge is 0.554 e. The molecule has 0 saturated heterocycles. The summed E-state index contributed by atoms with van der Waals surface area (Å²) < 4.78 is 47.8. The second kappa shape index (κ2) is 14.9. The molecule has 1 aliphatic heterocycles. The molecule has 3 aromatic rings. The van der Waals surface area contributed by atoms with E-state index >= 15 is 0 Å². The lowest BCUT2D eigenvalue weighted by Gasteiger charge is -2.36. The number of aliphatic hydroxyl groups excluding tert-OH is 1. The number of H-pyrrole nitrogens is 1. The summed E-state index contributed by atoms with van der Waals surface area (Å²) in [5.41, 5.74) is 0.437. The number of aliphatic hydroxyl groups is 1. The van der Waals surface area contributed by atoms with E-state index in [2.05, 4.69) is 30.4 Å². The Bertz CT molecular complexity index is 1690. The number of hydrogen-bond donors (Lipinski definition) is 2. The number of halogens is 3. The average Bonchev–Trinajstić information content (AvgIpc) is 3.39. The van der Waals surface area contributed by atoms with E-state index in [9.17, 15) is 33.1 Å². The molecule has 1 aromatic heterocycles. The van der Waals surface area contributed by atoms with Crippen molar-refractivity contribution in [2.45, 2.75) is 38.4 Å². The molecule has 0 saturated carbocycles. The van der Waals surface area contributed by atoms with E-state index in [1.807, 2.05) is 0 Å². The zero-order chi connectivity index (χ0) is 34.2. The third kappa shape index (κ3) is 7.82. The van der Waals surface area contributed by atoms with Gasteiger partial charge in [-0.3, -0.25) is 4.90 Å². The summed E-state index contributed by atoms with van der Waals surface area (Å²) in [4.78, 5) is 36.2. The number of fused-ring (bicyclic) bond motifs is 1. The predicted molar refractivity (Wildman–Crippen MR) is 158 cm³/mol.